The maximum Gasteiger partial charge on any atom is 0.0120 e. The van der Waals surface area contributed by atoms with Gasteiger partial charge in [0.2, 0.25) is 0 Å². The molecule has 0 fully saturated rings. The Bertz CT molecular complexity index is 56.9. The van der Waals surface area contributed by atoms with Crippen LogP contribution >= 0.6 is 0 Å². The molecule has 4 nitrogen and oxygen atoms in total. The van der Waals surface area contributed by atoms with Crippen molar-refractivity contribution in [2.75, 3.05) is 7.05 Å². The fraction of sp³-hybridized carbons (Fsp3) is 0.333. The first kappa shape index (κ1) is 6.42. The minimum absolute atomic E-state index is 0.208. The zero-order valence-corrected chi connectivity index (χ0v) is 4.05. The molecule has 0 bridgehead atoms. The summed E-state index contributed by atoms with van der Waals surface area (Å²) in [6, 6.07) is 0. The van der Waals surface area contributed by atoms with Crippen LogP contribution in [0.2, 0.25) is 0 Å². The lowest BCUT2D eigenvalue weighted by atomic mass is 11.1. The molecule has 0 aromatic carbocycles. The molecular weight excluding hydrogens is 96.0 g/mol. The van der Waals surface area contributed by atoms with E-state index in [-0.39, 0.29) is 5.23 Å². The Morgan fingerprint density at radius 1 is 2.00 bits per heavy atom. The first-order chi connectivity index (χ1) is 3.31. The molecule has 0 rings (SSSR count). The Hall–Kier alpha value is -0.580. The molecule has 0 saturated heterocycles. The number of hydrogen-bond donors (Lipinski definition) is 1. The molecule has 1 N–H and O–H groups in total. The summed E-state index contributed by atoms with van der Waals surface area (Å²) in [6.07, 6.45) is 0.997. The van der Waals surface area contributed by atoms with Gasteiger partial charge in [0.1, 0.15) is 0 Å². The molecule has 0 atom stereocenters. The second-order valence-corrected chi connectivity index (χ2v) is 0.763. The van der Waals surface area contributed by atoms with Crippen LogP contribution in [0, 0.1) is 5.21 Å². The Labute approximate surface area is 41.9 Å². The van der Waals surface area contributed by atoms with Gasteiger partial charge in [0.15, 0.2) is 0 Å². The van der Waals surface area contributed by atoms with Crippen LogP contribution in [0.3, 0.4) is 0 Å². The van der Waals surface area contributed by atoms with Gasteiger partial charge in [-0.2, -0.15) is 10.4 Å². The normalized spacial score (nSPS) is 8.29. The summed E-state index contributed by atoms with van der Waals surface area (Å²) in [5.41, 5.74) is 2.16. The standard InChI is InChI=1S/C3H7N2O2/c1-3-5(6)7-4-2/h3-4H,1H2,2H3/q-1. The third kappa shape index (κ3) is 3.24. The Balaban J connectivity index is 2.98. The zero-order chi connectivity index (χ0) is 5.70. The van der Waals surface area contributed by atoms with Crippen LogP contribution < -0.4 is 5.48 Å². The highest BCUT2D eigenvalue weighted by atomic mass is 17.0. The van der Waals surface area contributed by atoms with E-state index in [1.807, 2.05) is 0 Å². The van der Waals surface area contributed by atoms with Gasteiger partial charge in [0, 0.05) is 13.2 Å². The quantitative estimate of drug-likeness (QED) is 0.510. The maximum absolute atomic E-state index is 9.93. The molecule has 4 heteroatoms. The average Bonchev–Trinajstić information content (AvgIpc) is 1.68. The molecule has 0 radical (unpaired) electrons. The third-order valence-corrected chi connectivity index (χ3v) is 0.330. The molecule has 42 valence electrons. The van der Waals surface area contributed by atoms with Crippen molar-refractivity contribution in [3.8, 4) is 0 Å². The first-order valence-electron chi connectivity index (χ1n) is 1.74. The number of hydroxylamine groups is 3. The molecule has 7 heavy (non-hydrogen) atoms. The Morgan fingerprint density at radius 3 is 2.71 bits per heavy atom. The van der Waals surface area contributed by atoms with Gasteiger partial charge in [-0.3, -0.25) is 0 Å². The summed E-state index contributed by atoms with van der Waals surface area (Å²) in [5, 5.41) is 10.1. The molecule has 0 spiro atoms. The monoisotopic (exact) mass is 103 g/mol. The molecule has 0 aliphatic carbocycles. The minimum Gasteiger partial charge on any atom is -0.732 e. The van der Waals surface area contributed by atoms with Gasteiger partial charge in [-0.05, 0) is 0 Å². The Kier molecular flexibility index (Phi) is 3.31. The van der Waals surface area contributed by atoms with Crippen molar-refractivity contribution < 1.29 is 4.94 Å². The fourth-order valence-electron chi connectivity index (χ4n) is 0.127. The van der Waals surface area contributed by atoms with Crippen molar-refractivity contribution in [2.45, 2.75) is 0 Å². The van der Waals surface area contributed by atoms with E-state index in [0.29, 0.717) is 0 Å². The van der Waals surface area contributed by atoms with Gasteiger partial charge in [0.25, 0.3) is 0 Å². The van der Waals surface area contributed by atoms with E-state index < -0.39 is 0 Å². The fourth-order valence-corrected chi connectivity index (χ4v) is 0.127. The van der Waals surface area contributed by atoms with Crippen molar-refractivity contribution in [3.05, 3.63) is 18.0 Å². The van der Waals surface area contributed by atoms with Crippen LogP contribution in [0.1, 0.15) is 0 Å². The maximum atomic E-state index is 9.93. The van der Waals surface area contributed by atoms with E-state index in [4.69, 9.17) is 0 Å². The molecule has 0 amide bonds. The van der Waals surface area contributed by atoms with Crippen LogP contribution in [-0.2, 0) is 4.94 Å². The van der Waals surface area contributed by atoms with E-state index in [0.717, 1.165) is 6.20 Å². The third-order valence-electron chi connectivity index (χ3n) is 0.330. The number of nitrogens with one attached hydrogen (secondary N) is 1. The predicted octanol–water partition coefficient (Wildman–Crippen LogP) is -0.00430. The lowest BCUT2D eigenvalue weighted by molar-refractivity contribution is -0.135. The topological polar surface area (TPSA) is 47.6 Å². The first-order valence-corrected chi connectivity index (χ1v) is 1.74. The van der Waals surface area contributed by atoms with E-state index in [1.165, 1.54) is 7.05 Å². The van der Waals surface area contributed by atoms with Crippen molar-refractivity contribution in [1.82, 2.24) is 10.7 Å². The molecule has 0 aromatic rings. The summed E-state index contributed by atoms with van der Waals surface area (Å²) >= 11 is 0. The summed E-state index contributed by atoms with van der Waals surface area (Å²) in [7, 11) is 1.48. The predicted molar refractivity (Wildman–Crippen MR) is 25.5 cm³/mol. The molecule has 0 aliphatic heterocycles. The van der Waals surface area contributed by atoms with Gasteiger partial charge in [0.05, 0.1) is 0 Å². The highest BCUT2D eigenvalue weighted by Gasteiger charge is 1.71. The van der Waals surface area contributed by atoms with E-state index >= 15 is 0 Å². The lowest BCUT2D eigenvalue weighted by Crippen LogP contribution is -2.18. The van der Waals surface area contributed by atoms with E-state index in [2.05, 4.69) is 17.0 Å². The summed E-state index contributed by atoms with van der Waals surface area (Å²) in [4.78, 5) is 4.10. The molecule has 0 aromatic heterocycles. The van der Waals surface area contributed by atoms with Gasteiger partial charge >= 0.3 is 0 Å². The van der Waals surface area contributed by atoms with Crippen LogP contribution in [0.4, 0.5) is 0 Å². The van der Waals surface area contributed by atoms with Crippen LogP contribution in [-0.4, -0.2) is 12.3 Å². The second kappa shape index (κ2) is 3.60. The van der Waals surface area contributed by atoms with E-state index in [1.54, 1.807) is 0 Å². The number of hydrogen-bond acceptors (Lipinski definition) is 4. The van der Waals surface area contributed by atoms with Crippen molar-refractivity contribution >= 4 is 0 Å². The molecule has 0 aliphatic rings. The minimum atomic E-state index is 0.208. The van der Waals surface area contributed by atoms with Gasteiger partial charge in [-0.15, -0.1) is 0 Å². The van der Waals surface area contributed by atoms with Crippen LogP contribution in [0.5, 0.6) is 0 Å². The molecule has 0 saturated carbocycles. The molecular formula is C3H7N2O2-. The van der Waals surface area contributed by atoms with Crippen molar-refractivity contribution in [2.24, 2.45) is 0 Å². The largest absolute Gasteiger partial charge is 0.732 e. The zero-order valence-electron chi connectivity index (χ0n) is 4.05. The smallest absolute Gasteiger partial charge is 0.0120 e. The summed E-state index contributed by atoms with van der Waals surface area (Å²) < 4.78 is 0. The lowest BCUT2D eigenvalue weighted by Gasteiger charge is -2.21. The van der Waals surface area contributed by atoms with Crippen molar-refractivity contribution in [3.63, 3.8) is 0 Å². The summed E-state index contributed by atoms with van der Waals surface area (Å²) in [5.74, 6) is 0. The van der Waals surface area contributed by atoms with Gasteiger partial charge < -0.3 is 10.4 Å². The summed E-state index contributed by atoms with van der Waals surface area (Å²) in [6.45, 7) is 3.13. The molecule has 0 unspecified atom stereocenters. The van der Waals surface area contributed by atoms with E-state index in [9.17, 15) is 5.21 Å². The van der Waals surface area contributed by atoms with Crippen molar-refractivity contribution in [1.29, 1.82) is 0 Å². The second-order valence-electron chi connectivity index (χ2n) is 0.763. The number of nitrogens with zero attached hydrogens (tertiary/aromatic N) is 1. The van der Waals surface area contributed by atoms with Crippen LogP contribution in [0.15, 0.2) is 12.8 Å². The SMILES string of the molecule is C=CN([O-])ONC. The van der Waals surface area contributed by atoms with Crippen LogP contribution in [0.25, 0.3) is 0 Å². The Morgan fingerprint density at radius 2 is 2.57 bits per heavy atom. The average molecular weight is 103 g/mol. The van der Waals surface area contributed by atoms with Gasteiger partial charge in [-0.1, -0.05) is 6.58 Å². The molecule has 0 heterocycles. The number of rotatable bonds is 3. The highest BCUT2D eigenvalue weighted by Crippen LogP contribution is 1.77. The van der Waals surface area contributed by atoms with Gasteiger partial charge in [-0.25, -0.2) is 0 Å². The highest BCUT2D eigenvalue weighted by molar-refractivity contribution is 4.60.